The van der Waals surface area contributed by atoms with E-state index < -0.39 is 39.9 Å². The number of nitrogens with zero attached hydrogens (tertiary/aromatic N) is 2. The first-order valence-electron chi connectivity index (χ1n) is 7.24. The van der Waals surface area contributed by atoms with Crippen LogP contribution in [0, 0.1) is 5.82 Å². The van der Waals surface area contributed by atoms with Crippen molar-refractivity contribution in [1.82, 2.24) is 15.4 Å². The molecule has 9 nitrogen and oxygen atoms in total. The molecule has 0 radical (unpaired) electrons. The quantitative estimate of drug-likeness (QED) is 0.559. The second-order valence-electron chi connectivity index (χ2n) is 5.35. The number of halogens is 1. The van der Waals surface area contributed by atoms with Crippen LogP contribution in [0.5, 0.6) is 5.75 Å². The van der Waals surface area contributed by atoms with E-state index in [9.17, 15) is 22.7 Å². The van der Waals surface area contributed by atoms with Gasteiger partial charge in [-0.15, -0.1) is 0 Å². The van der Waals surface area contributed by atoms with E-state index in [4.69, 9.17) is 0 Å². The number of carbonyl (C=O) groups excluding carboxylic acids is 1. The summed E-state index contributed by atoms with van der Waals surface area (Å²) in [7, 11) is -4.19. The van der Waals surface area contributed by atoms with Crippen molar-refractivity contribution in [2.75, 3.05) is 23.9 Å². The molecule has 11 heteroatoms. The van der Waals surface area contributed by atoms with Crippen LogP contribution in [0.1, 0.15) is 12.0 Å². The minimum Gasteiger partial charge on any atom is -0.506 e. The molecular formula is C13H16FN5O4S. The first-order valence-corrected chi connectivity index (χ1v) is 8.68. The van der Waals surface area contributed by atoms with Crippen molar-refractivity contribution in [2.24, 2.45) is 4.99 Å². The van der Waals surface area contributed by atoms with Gasteiger partial charge in [-0.05, 0) is 24.1 Å². The van der Waals surface area contributed by atoms with Crippen molar-refractivity contribution in [3.05, 3.63) is 23.5 Å². The number of nitrogens with one attached hydrogen (secondary N) is 3. The van der Waals surface area contributed by atoms with Crippen molar-refractivity contribution in [1.29, 1.82) is 0 Å². The van der Waals surface area contributed by atoms with Crippen molar-refractivity contribution in [2.45, 2.75) is 13.0 Å². The monoisotopic (exact) mass is 357 g/mol. The number of benzene rings is 1. The van der Waals surface area contributed by atoms with E-state index in [1.165, 1.54) is 6.07 Å². The van der Waals surface area contributed by atoms with Gasteiger partial charge in [0.25, 0.3) is 5.91 Å². The Kier molecular flexibility index (Phi) is 4.18. The zero-order valence-electron chi connectivity index (χ0n) is 12.5. The number of amides is 1. The fourth-order valence-corrected chi connectivity index (χ4v) is 3.64. The predicted octanol–water partition coefficient (Wildman–Crippen LogP) is -0.849. The molecule has 2 heterocycles. The molecule has 1 fully saturated rings. The smallest absolute Gasteiger partial charge is 0.326 e. The highest BCUT2D eigenvalue weighted by Gasteiger charge is 2.37. The van der Waals surface area contributed by atoms with Gasteiger partial charge in [0.15, 0.2) is 11.8 Å². The lowest BCUT2D eigenvalue weighted by molar-refractivity contribution is -0.117. The van der Waals surface area contributed by atoms with E-state index in [0.29, 0.717) is 22.4 Å². The number of hydrogen-bond acceptors (Lipinski definition) is 7. The van der Waals surface area contributed by atoms with E-state index >= 15 is 0 Å². The topological polar surface area (TPSA) is 123 Å². The van der Waals surface area contributed by atoms with Crippen LogP contribution in [-0.2, 0) is 21.5 Å². The van der Waals surface area contributed by atoms with E-state index in [2.05, 4.69) is 15.6 Å². The lowest BCUT2D eigenvalue weighted by Crippen LogP contribution is -2.40. The van der Waals surface area contributed by atoms with Crippen molar-refractivity contribution in [3.8, 4) is 5.75 Å². The van der Waals surface area contributed by atoms with Gasteiger partial charge in [-0.2, -0.15) is 8.42 Å². The lowest BCUT2D eigenvalue weighted by Gasteiger charge is -2.19. The van der Waals surface area contributed by atoms with Gasteiger partial charge in [0.05, 0.1) is 0 Å². The van der Waals surface area contributed by atoms with Crippen molar-refractivity contribution in [3.63, 3.8) is 0 Å². The number of rotatable bonds is 3. The molecule has 24 heavy (non-hydrogen) atoms. The number of phenols is 1. The zero-order valence-corrected chi connectivity index (χ0v) is 13.4. The highest BCUT2D eigenvalue weighted by atomic mass is 32.2. The van der Waals surface area contributed by atoms with E-state index in [-0.39, 0.29) is 6.54 Å². The Balaban J connectivity index is 1.81. The first-order chi connectivity index (χ1) is 11.4. The molecule has 1 amide bonds. The Morgan fingerprint density at radius 1 is 1.42 bits per heavy atom. The van der Waals surface area contributed by atoms with Gasteiger partial charge < -0.3 is 15.7 Å². The summed E-state index contributed by atoms with van der Waals surface area (Å²) in [5.41, 5.74) is -0.148. The number of hydrogen-bond donors (Lipinski definition) is 4. The van der Waals surface area contributed by atoms with Gasteiger partial charge in [0.2, 0.25) is 0 Å². The number of aromatic hydroxyl groups is 1. The van der Waals surface area contributed by atoms with Crippen LogP contribution in [0.4, 0.5) is 10.1 Å². The first kappa shape index (κ1) is 16.3. The summed E-state index contributed by atoms with van der Waals surface area (Å²) in [6.45, 7) is 1.10. The summed E-state index contributed by atoms with van der Waals surface area (Å²) in [6.07, 6.45) is 0.937. The van der Waals surface area contributed by atoms with Crippen LogP contribution in [-0.4, -0.2) is 45.0 Å². The Hall–Kier alpha value is -2.56. The fourth-order valence-electron chi connectivity index (χ4n) is 2.47. The molecule has 3 rings (SSSR count). The minimum absolute atomic E-state index is 0.195. The van der Waals surface area contributed by atoms with Crippen LogP contribution in [0.15, 0.2) is 17.1 Å². The second kappa shape index (κ2) is 6.15. The van der Waals surface area contributed by atoms with Gasteiger partial charge in [-0.3, -0.25) is 9.79 Å². The number of anilines is 1. The highest BCUT2D eigenvalue weighted by Crippen LogP contribution is 2.34. The average Bonchev–Trinajstić information content (AvgIpc) is 2.78. The van der Waals surface area contributed by atoms with Gasteiger partial charge >= 0.3 is 10.2 Å². The largest absolute Gasteiger partial charge is 0.506 e. The molecule has 1 aromatic rings. The summed E-state index contributed by atoms with van der Waals surface area (Å²) >= 11 is 0. The van der Waals surface area contributed by atoms with Gasteiger partial charge in [-0.25, -0.2) is 13.4 Å². The van der Waals surface area contributed by atoms with E-state index in [0.717, 1.165) is 19.0 Å². The maximum atomic E-state index is 14.3. The molecule has 1 aromatic carbocycles. The number of guanidine groups is 1. The van der Waals surface area contributed by atoms with Gasteiger partial charge in [-0.1, -0.05) is 0 Å². The van der Waals surface area contributed by atoms with Crippen LogP contribution in [0.3, 0.4) is 0 Å². The molecule has 2 aliphatic heterocycles. The Morgan fingerprint density at radius 2 is 2.21 bits per heavy atom. The molecular weight excluding hydrogens is 341 g/mol. The van der Waals surface area contributed by atoms with Gasteiger partial charge in [0.1, 0.15) is 18.0 Å². The number of aliphatic imine (C=N–C) groups is 1. The van der Waals surface area contributed by atoms with Crippen LogP contribution in [0.2, 0.25) is 0 Å². The molecule has 0 aromatic heterocycles. The molecule has 2 aliphatic rings. The lowest BCUT2D eigenvalue weighted by atomic mass is 10.1. The molecule has 1 saturated heterocycles. The van der Waals surface area contributed by atoms with E-state index in [1.54, 1.807) is 4.72 Å². The Labute approximate surface area is 137 Å². The third-order valence-electron chi connectivity index (χ3n) is 3.53. The molecule has 4 N–H and O–H groups in total. The third-order valence-corrected chi connectivity index (χ3v) is 4.91. The number of phenolic OH excluding ortho intramolecular Hbond substituents is 1. The average molecular weight is 357 g/mol. The molecule has 0 aliphatic carbocycles. The maximum absolute atomic E-state index is 14.3. The molecule has 0 spiro atoms. The van der Waals surface area contributed by atoms with Crippen molar-refractivity contribution >= 4 is 27.8 Å². The highest BCUT2D eigenvalue weighted by molar-refractivity contribution is 7.92. The van der Waals surface area contributed by atoms with Crippen molar-refractivity contribution < 1.29 is 22.7 Å². The molecule has 0 bridgehead atoms. The Bertz CT molecular complexity index is 788. The maximum Gasteiger partial charge on any atom is 0.326 e. The summed E-state index contributed by atoms with van der Waals surface area (Å²) in [5.74, 6) is -1.71. The molecule has 0 unspecified atom stereocenters. The molecule has 130 valence electrons. The molecule has 0 saturated carbocycles. The normalized spacial score (nSPS) is 19.5. The van der Waals surface area contributed by atoms with Crippen LogP contribution in [0.25, 0.3) is 0 Å². The summed E-state index contributed by atoms with van der Waals surface area (Å²) in [6, 6.07) is 2.34. The van der Waals surface area contributed by atoms with Crippen LogP contribution < -0.4 is 19.7 Å². The Morgan fingerprint density at radius 3 is 2.79 bits per heavy atom. The van der Waals surface area contributed by atoms with Gasteiger partial charge in [0, 0.05) is 19.6 Å². The van der Waals surface area contributed by atoms with E-state index in [1.807, 2.05) is 0 Å². The third kappa shape index (κ3) is 3.20. The fraction of sp³-hybridized carbons (Fsp3) is 0.385. The summed E-state index contributed by atoms with van der Waals surface area (Å²) in [5, 5.41) is 16.0. The molecule has 0 atom stereocenters. The predicted molar refractivity (Wildman–Crippen MR) is 84.2 cm³/mol. The minimum atomic E-state index is -4.19. The van der Waals surface area contributed by atoms with Crippen LogP contribution >= 0.6 is 0 Å². The summed E-state index contributed by atoms with van der Waals surface area (Å²) < 4.78 is 40.1. The summed E-state index contributed by atoms with van der Waals surface area (Å²) in [4.78, 5) is 15.4. The number of carbonyl (C=O) groups is 1. The second-order valence-corrected chi connectivity index (χ2v) is 6.94. The SMILES string of the molecule is O=C1CN(c2c(O)cc(CNC3=NCCCN3)cc2F)S(=O)(=O)N1. The standard InChI is InChI=1S/C13H16FN5O4S/c14-9-4-8(6-17-13-15-2-1-3-16-13)5-10(20)12(9)19-7-11(21)18-24(19,22)23/h4-5,20H,1-3,6-7H2,(H,18,21)(H2,15,16,17). The zero-order chi connectivity index (χ0) is 17.3.